The number of hydrogen-bond donors (Lipinski definition) is 0. The number of hydrogen-bond acceptors (Lipinski definition) is 3. The molecule has 3 nitrogen and oxygen atoms in total. The zero-order chi connectivity index (χ0) is 21.4. The highest BCUT2D eigenvalue weighted by Crippen LogP contribution is 2.30. The molecule has 0 bridgehead atoms. The van der Waals surface area contributed by atoms with Crippen LogP contribution in [-0.2, 0) is 20.4 Å². The SMILES string of the molecule is CO/C=C(/C(=O)OC)c1ccccc1/C=C/C=C/c1ccc(C(F)(F)F)cc1F. The third-order valence-electron chi connectivity index (χ3n) is 3.88. The van der Waals surface area contributed by atoms with Gasteiger partial charge in [-0.2, -0.15) is 13.2 Å². The fourth-order valence-electron chi connectivity index (χ4n) is 2.49. The van der Waals surface area contributed by atoms with Crippen molar-refractivity contribution in [3.05, 3.63) is 88.9 Å². The Hall–Kier alpha value is -3.35. The van der Waals surface area contributed by atoms with E-state index in [0.717, 1.165) is 12.1 Å². The molecule has 0 saturated heterocycles. The summed E-state index contributed by atoms with van der Waals surface area (Å²) in [6, 6.07) is 9.31. The summed E-state index contributed by atoms with van der Waals surface area (Å²) < 4.78 is 61.3. The molecule has 0 unspecified atom stereocenters. The van der Waals surface area contributed by atoms with Crippen molar-refractivity contribution < 1.29 is 31.8 Å². The molecule has 0 amide bonds. The van der Waals surface area contributed by atoms with Gasteiger partial charge in [0.05, 0.1) is 26.0 Å². The Morgan fingerprint density at radius 2 is 1.62 bits per heavy atom. The summed E-state index contributed by atoms with van der Waals surface area (Å²) in [7, 11) is 2.66. The van der Waals surface area contributed by atoms with E-state index >= 15 is 0 Å². The van der Waals surface area contributed by atoms with Crippen molar-refractivity contribution in [2.75, 3.05) is 14.2 Å². The number of carbonyl (C=O) groups excluding carboxylic acids is 1. The largest absolute Gasteiger partial charge is 0.503 e. The Morgan fingerprint density at radius 1 is 0.966 bits per heavy atom. The van der Waals surface area contributed by atoms with Crippen LogP contribution >= 0.6 is 0 Å². The number of benzene rings is 2. The molecule has 0 aromatic heterocycles. The first-order chi connectivity index (χ1) is 13.8. The summed E-state index contributed by atoms with van der Waals surface area (Å²) >= 11 is 0. The van der Waals surface area contributed by atoms with Gasteiger partial charge in [-0.1, -0.05) is 54.6 Å². The smallest absolute Gasteiger partial charge is 0.416 e. The van der Waals surface area contributed by atoms with E-state index in [4.69, 9.17) is 9.47 Å². The van der Waals surface area contributed by atoms with Gasteiger partial charge in [0.15, 0.2) is 0 Å². The average molecular weight is 406 g/mol. The molecule has 29 heavy (non-hydrogen) atoms. The van der Waals surface area contributed by atoms with Crippen molar-refractivity contribution in [3.63, 3.8) is 0 Å². The minimum absolute atomic E-state index is 0.0189. The van der Waals surface area contributed by atoms with E-state index in [1.807, 2.05) is 0 Å². The molecule has 0 spiro atoms. The van der Waals surface area contributed by atoms with Crippen molar-refractivity contribution in [1.82, 2.24) is 0 Å². The molecular weight excluding hydrogens is 388 g/mol. The van der Waals surface area contributed by atoms with Gasteiger partial charge < -0.3 is 9.47 Å². The Kier molecular flexibility index (Phi) is 7.36. The fraction of sp³-hybridized carbons (Fsp3) is 0.136. The van der Waals surface area contributed by atoms with E-state index < -0.39 is 23.5 Å². The second kappa shape index (κ2) is 9.73. The second-order valence-electron chi connectivity index (χ2n) is 5.80. The van der Waals surface area contributed by atoms with Gasteiger partial charge in [0, 0.05) is 5.56 Å². The van der Waals surface area contributed by atoms with E-state index in [2.05, 4.69) is 0 Å². The Labute approximate surface area is 165 Å². The number of carbonyl (C=O) groups is 1. The van der Waals surface area contributed by atoms with Crippen LogP contribution in [0.3, 0.4) is 0 Å². The fourth-order valence-corrected chi connectivity index (χ4v) is 2.49. The molecule has 2 aromatic rings. The highest BCUT2D eigenvalue weighted by atomic mass is 19.4. The Bertz CT molecular complexity index is 957. The summed E-state index contributed by atoms with van der Waals surface area (Å²) in [5.74, 6) is -1.55. The molecule has 152 valence electrons. The molecule has 0 aliphatic rings. The molecule has 2 rings (SSSR count). The van der Waals surface area contributed by atoms with Crippen molar-refractivity contribution in [2.24, 2.45) is 0 Å². The van der Waals surface area contributed by atoms with Gasteiger partial charge in [-0.3, -0.25) is 0 Å². The predicted octanol–water partition coefficient (Wildman–Crippen LogP) is 5.73. The van der Waals surface area contributed by atoms with Crippen molar-refractivity contribution in [2.45, 2.75) is 6.18 Å². The van der Waals surface area contributed by atoms with Gasteiger partial charge in [0.25, 0.3) is 0 Å². The van der Waals surface area contributed by atoms with E-state index in [9.17, 15) is 22.4 Å². The third-order valence-corrected chi connectivity index (χ3v) is 3.88. The van der Waals surface area contributed by atoms with Gasteiger partial charge in [-0.05, 0) is 23.3 Å². The quantitative estimate of drug-likeness (QED) is 0.202. The van der Waals surface area contributed by atoms with Crippen molar-refractivity contribution in [3.8, 4) is 0 Å². The van der Waals surface area contributed by atoms with Gasteiger partial charge in [0.2, 0.25) is 0 Å². The van der Waals surface area contributed by atoms with Crippen LogP contribution in [0.1, 0.15) is 22.3 Å². The lowest BCUT2D eigenvalue weighted by Crippen LogP contribution is -2.05. The molecule has 0 saturated carbocycles. The molecular formula is C22H18F4O3. The normalized spacial score (nSPS) is 12.6. The van der Waals surface area contributed by atoms with E-state index in [1.54, 1.807) is 36.4 Å². The van der Waals surface area contributed by atoms with Crippen LogP contribution in [0.2, 0.25) is 0 Å². The first-order valence-corrected chi connectivity index (χ1v) is 8.40. The molecule has 0 N–H and O–H groups in total. The number of ether oxygens (including phenoxy) is 2. The van der Waals surface area contributed by atoms with Crippen LogP contribution < -0.4 is 0 Å². The molecule has 0 aliphatic heterocycles. The van der Waals surface area contributed by atoms with Crippen LogP contribution in [0.5, 0.6) is 0 Å². The maximum absolute atomic E-state index is 13.9. The Balaban J connectivity index is 2.26. The van der Waals surface area contributed by atoms with Gasteiger partial charge in [0.1, 0.15) is 11.4 Å². The lowest BCUT2D eigenvalue weighted by atomic mass is 10.00. The van der Waals surface area contributed by atoms with Crippen molar-refractivity contribution in [1.29, 1.82) is 0 Å². The average Bonchev–Trinajstić information content (AvgIpc) is 2.69. The third kappa shape index (κ3) is 5.81. The highest BCUT2D eigenvalue weighted by molar-refractivity contribution is 6.17. The molecule has 0 atom stereocenters. The number of methoxy groups -OCH3 is 2. The number of rotatable bonds is 6. The number of halogens is 4. The van der Waals surface area contributed by atoms with Crippen molar-refractivity contribution >= 4 is 23.7 Å². The van der Waals surface area contributed by atoms with Crippen LogP contribution in [0.25, 0.3) is 17.7 Å². The van der Waals surface area contributed by atoms with Gasteiger partial charge in [-0.15, -0.1) is 0 Å². The number of alkyl halides is 3. The molecule has 7 heteroatoms. The summed E-state index contributed by atoms with van der Waals surface area (Å²) in [6.45, 7) is 0. The molecule has 0 radical (unpaired) electrons. The molecule has 0 aliphatic carbocycles. The minimum Gasteiger partial charge on any atom is -0.503 e. The van der Waals surface area contributed by atoms with Crippen LogP contribution in [0, 0.1) is 5.82 Å². The summed E-state index contributed by atoms with van der Waals surface area (Å²) in [5.41, 5.74) is 0.417. The maximum Gasteiger partial charge on any atom is 0.416 e. The zero-order valence-electron chi connectivity index (χ0n) is 15.7. The summed E-state index contributed by atoms with van der Waals surface area (Å²) in [5, 5.41) is 0. The summed E-state index contributed by atoms with van der Waals surface area (Å²) in [6.07, 6.45) is 2.75. The van der Waals surface area contributed by atoms with Gasteiger partial charge >= 0.3 is 12.1 Å². The van der Waals surface area contributed by atoms with Gasteiger partial charge in [-0.25, -0.2) is 9.18 Å². The lowest BCUT2D eigenvalue weighted by Gasteiger charge is -2.08. The molecule has 0 heterocycles. The minimum atomic E-state index is -4.60. The van der Waals surface area contributed by atoms with Crippen LogP contribution in [0.4, 0.5) is 17.6 Å². The van der Waals surface area contributed by atoms with Crippen LogP contribution in [-0.4, -0.2) is 20.2 Å². The monoisotopic (exact) mass is 406 g/mol. The van der Waals surface area contributed by atoms with Crippen LogP contribution in [0.15, 0.2) is 60.9 Å². The predicted molar refractivity (Wildman–Crippen MR) is 103 cm³/mol. The van der Waals surface area contributed by atoms with E-state index in [1.165, 1.54) is 32.6 Å². The van der Waals surface area contributed by atoms with E-state index in [0.29, 0.717) is 17.2 Å². The van der Waals surface area contributed by atoms with E-state index in [-0.39, 0.29) is 11.1 Å². The standard InChI is InChI=1S/C22H18F4O3/c1-28-14-19(21(27)29-2)18-10-6-5-8-15(18)7-3-4-9-16-11-12-17(13-20(16)23)22(24,25)26/h3-14H,1-2H3/b7-3+,9-4+,19-14+. The zero-order valence-corrected chi connectivity index (χ0v) is 15.7. The number of allylic oxidation sites excluding steroid dienone is 2. The maximum atomic E-state index is 13.9. The molecule has 0 fully saturated rings. The second-order valence-corrected chi connectivity index (χ2v) is 5.80. The molecule has 2 aromatic carbocycles. The lowest BCUT2D eigenvalue weighted by molar-refractivity contribution is -0.137. The topological polar surface area (TPSA) is 35.5 Å². The Morgan fingerprint density at radius 3 is 2.21 bits per heavy atom. The first-order valence-electron chi connectivity index (χ1n) is 8.40. The number of esters is 1. The summed E-state index contributed by atoms with van der Waals surface area (Å²) in [4.78, 5) is 12.0. The highest BCUT2D eigenvalue weighted by Gasteiger charge is 2.30. The first kappa shape index (κ1) is 21.9.